The fourth-order valence-corrected chi connectivity index (χ4v) is 3.73. The molecule has 0 radical (unpaired) electrons. The summed E-state index contributed by atoms with van der Waals surface area (Å²) in [6, 6.07) is 8.50. The minimum absolute atomic E-state index is 0.451. The molecule has 0 saturated carbocycles. The van der Waals surface area contributed by atoms with Crippen LogP contribution < -0.4 is 5.32 Å². The molecular weight excluding hydrogens is 320 g/mol. The molecule has 0 amide bonds. The number of hydrogen-bond acceptors (Lipinski definition) is 4. The van der Waals surface area contributed by atoms with Crippen molar-refractivity contribution in [1.29, 1.82) is 0 Å². The average molecular weight is 341 g/mol. The zero-order valence-corrected chi connectivity index (χ0v) is 14.8. The molecule has 1 unspecified atom stereocenters. The number of aryl methyl sites for hydroxylation is 1. The zero-order chi connectivity index (χ0) is 15.1. The Morgan fingerprint density at radius 2 is 2.10 bits per heavy atom. The molecule has 2 rings (SSSR count). The van der Waals surface area contributed by atoms with Crippen molar-refractivity contribution >= 4 is 34.7 Å². The number of rotatable bonds is 8. The molecule has 114 valence electrons. The Balaban J connectivity index is 1.90. The second-order valence-corrected chi connectivity index (χ2v) is 7.57. The average Bonchev–Trinajstić information content (AvgIpc) is 2.89. The molecule has 5 heteroatoms. The van der Waals surface area contributed by atoms with E-state index in [-0.39, 0.29) is 0 Å². The molecule has 1 aromatic carbocycles. The number of thioether (sulfide) groups is 1. The summed E-state index contributed by atoms with van der Waals surface area (Å²) in [5, 5.41) is 7.73. The van der Waals surface area contributed by atoms with Gasteiger partial charge >= 0.3 is 0 Å². The first-order valence-corrected chi connectivity index (χ1v) is 9.44. The Labute approximate surface area is 140 Å². The molecule has 1 aromatic heterocycles. The van der Waals surface area contributed by atoms with Gasteiger partial charge in [0.15, 0.2) is 0 Å². The molecule has 21 heavy (non-hydrogen) atoms. The first-order chi connectivity index (χ1) is 10.2. The van der Waals surface area contributed by atoms with Crippen molar-refractivity contribution in [3.05, 3.63) is 45.4 Å². The van der Waals surface area contributed by atoms with Gasteiger partial charge in [0.05, 0.1) is 10.7 Å². The van der Waals surface area contributed by atoms with Crippen molar-refractivity contribution in [1.82, 2.24) is 10.3 Å². The Morgan fingerprint density at radius 3 is 2.71 bits per heavy atom. The largest absolute Gasteiger partial charge is 0.313 e. The molecule has 0 aliphatic rings. The monoisotopic (exact) mass is 340 g/mol. The Morgan fingerprint density at radius 1 is 1.33 bits per heavy atom. The Kier molecular flexibility index (Phi) is 7.04. The minimum Gasteiger partial charge on any atom is -0.313 e. The van der Waals surface area contributed by atoms with Crippen LogP contribution in [0.4, 0.5) is 0 Å². The Bertz CT molecular complexity index is 539. The molecule has 1 heterocycles. The van der Waals surface area contributed by atoms with Gasteiger partial charge in [0.25, 0.3) is 0 Å². The van der Waals surface area contributed by atoms with Gasteiger partial charge in [0.1, 0.15) is 0 Å². The summed E-state index contributed by atoms with van der Waals surface area (Å²) in [4.78, 5) is 5.84. The van der Waals surface area contributed by atoms with Crippen LogP contribution in [0.15, 0.2) is 34.5 Å². The van der Waals surface area contributed by atoms with Crippen molar-refractivity contribution in [3.63, 3.8) is 0 Å². The third kappa shape index (κ3) is 5.99. The molecule has 0 spiro atoms. The number of thiazole rings is 1. The van der Waals surface area contributed by atoms with Crippen molar-refractivity contribution in [2.45, 2.75) is 37.6 Å². The molecule has 0 saturated heterocycles. The maximum atomic E-state index is 5.92. The summed E-state index contributed by atoms with van der Waals surface area (Å²) in [6.45, 7) is 5.31. The second kappa shape index (κ2) is 8.79. The van der Waals surface area contributed by atoms with Crippen LogP contribution in [0.1, 0.15) is 24.0 Å². The summed E-state index contributed by atoms with van der Waals surface area (Å²) < 4.78 is 0. The smallest absolute Gasteiger partial charge is 0.0897 e. The molecule has 1 N–H and O–H groups in total. The van der Waals surface area contributed by atoms with Gasteiger partial charge in [-0.1, -0.05) is 18.5 Å². The highest BCUT2D eigenvalue weighted by atomic mass is 35.5. The highest BCUT2D eigenvalue weighted by molar-refractivity contribution is 7.99. The molecule has 2 aromatic rings. The lowest BCUT2D eigenvalue weighted by molar-refractivity contribution is 0.546. The van der Waals surface area contributed by atoms with E-state index >= 15 is 0 Å². The van der Waals surface area contributed by atoms with Gasteiger partial charge in [0.2, 0.25) is 0 Å². The van der Waals surface area contributed by atoms with Gasteiger partial charge in [-0.15, -0.1) is 23.1 Å². The van der Waals surface area contributed by atoms with E-state index in [2.05, 4.69) is 41.7 Å². The number of aromatic nitrogens is 1. The second-order valence-electron chi connectivity index (χ2n) is 4.98. The van der Waals surface area contributed by atoms with E-state index in [1.54, 1.807) is 11.3 Å². The van der Waals surface area contributed by atoms with E-state index in [0.717, 1.165) is 35.2 Å². The lowest BCUT2D eigenvalue weighted by Crippen LogP contribution is -2.34. The quantitative estimate of drug-likeness (QED) is 0.698. The van der Waals surface area contributed by atoms with Crippen molar-refractivity contribution < 1.29 is 0 Å². The summed E-state index contributed by atoms with van der Waals surface area (Å²) >= 11 is 9.52. The van der Waals surface area contributed by atoms with Crippen LogP contribution in [-0.4, -0.2) is 23.3 Å². The van der Waals surface area contributed by atoms with Gasteiger partial charge < -0.3 is 5.32 Å². The van der Waals surface area contributed by atoms with Crippen LogP contribution in [0.5, 0.6) is 0 Å². The zero-order valence-electron chi connectivity index (χ0n) is 12.4. The van der Waals surface area contributed by atoms with Crippen LogP contribution in [-0.2, 0) is 6.42 Å². The van der Waals surface area contributed by atoms with Crippen LogP contribution in [0.2, 0.25) is 5.02 Å². The van der Waals surface area contributed by atoms with Gasteiger partial charge in [0, 0.05) is 33.5 Å². The number of halogens is 1. The maximum Gasteiger partial charge on any atom is 0.0897 e. The van der Waals surface area contributed by atoms with Gasteiger partial charge in [-0.05, 0) is 44.2 Å². The minimum atomic E-state index is 0.451. The molecule has 0 aliphatic carbocycles. The lowest BCUT2D eigenvalue weighted by Gasteiger charge is -2.17. The number of nitrogens with zero attached hydrogens (tertiary/aromatic N) is 1. The topological polar surface area (TPSA) is 24.9 Å². The summed E-state index contributed by atoms with van der Waals surface area (Å²) in [5.41, 5.74) is 1.20. The summed E-state index contributed by atoms with van der Waals surface area (Å²) in [5.74, 6) is 1.04. The van der Waals surface area contributed by atoms with Crippen molar-refractivity contribution in [3.8, 4) is 0 Å². The number of benzene rings is 1. The van der Waals surface area contributed by atoms with E-state index in [1.807, 2.05) is 23.9 Å². The molecule has 0 bridgehead atoms. The van der Waals surface area contributed by atoms with Crippen molar-refractivity contribution in [2.24, 2.45) is 0 Å². The molecule has 0 fully saturated rings. The SMILES string of the molecule is CCCNC(CSc1ccc(Cl)cc1)Cc1csc(C)n1. The highest BCUT2D eigenvalue weighted by Crippen LogP contribution is 2.22. The van der Waals surface area contributed by atoms with Gasteiger partial charge in [-0.2, -0.15) is 0 Å². The molecule has 0 aliphatic heterocycles. The maximum absolute atomic E-state index is 5.92. The standard InChI is InChI=1S/C16H21ClN2S2/c1-3-8-18-14(9-15-11-20-12(2)19-15)10-21-16-6-4-13(17)5-7-16/h4-7,11,14,18H,3,8-10H2,1-2H3. The summed E-state index contributed by atoms with van der Waals surface area (Å²) in [6.07, 6.45) is 2.14. The number of hydrogen-bond donors (Lipinski definition) is 1. The van der Waals surface area contributed by atoms with E-state index < -0.39 is 0 Å². The van der Waals surface area contributed by atoms with Crippen LogP contribution in [0.25, 0.3) is 0 Å². The van der Waals surface area contributed by atoms with Crippen LogP contribution in [0, 0.1) is 6.92 Å². The first kappa shape index (κ1) is 16.8. The van der Waals surface area contributed by atoms with Gasteiger partial charge in [-0.25, -0.2) is 4.98 Å². The number of nitrogens with one attached hydrogen (secondary N) is 1. The normalized spacial score (nSPS) is 12.5. The lowest BCUT2D eigenvalue weighted by atomic mass is 10.2. The fourth-order valence-electron chi connectivity index (χ4n) is 2.02. The highest BCUT2D eigenvalue weighted by Gasteiger charge is 2.11. The fraction of sp³-hybridized carbons (Fsp3) is 0.438. The predicted molar refractivity (Wildman–Crippen MR) is 94.8 cm³/mol. The third-order valence-electron chi connectivity index (χ3n) is 3.07. The van der Waals surface area contributed by atoms with E-state index in [4.69, 9.17) is 11.6 Å². The Hall–Kier alpha value is -0.550. The first-order valence-electron chi connectivity index (χ1n) is 7.20. The predicted octanol–water partition coefficient (Wildman–Crippen LogP) is 4.81. The summed E-state index contributed by atoms with van der Waals surface area (Å²) in [7, 11) is 0. The third-order valence-corrected chi connectivity index (χ3v) is 5.32. The molecule has 1 atom stereocenters. The van der Waals surface area contributed by atoms with E-state index in [1.165, 1.54) is 10.6 Å². The van der Waals surface area contributed by atoms with Gasteiger partial charge in [-0.3, -0.25) is 0 Å². The molecule has 2 nitrogen and oxygen atoms in total. The van der Waals surface area contributed by atoms with Crippen molar-refractivity contribution in [2.75, 3.05) is 12.3 Å². The van der Waals surface area contributed by atoms with Crippen LogP contribution in [0.3, 0.4) is 0 Å². The van der Waals surface area contributed by atoms with E-state index in [0.29, 0.717) is 6.04 Å². The van der Waals surface area contributed by atoms with Crippen LogP contribution >= 0.6 is 34.7 Å². The van der Waals surface area contributed by atoms with E-state index in [9.17, 15) is 0 Å². The molecular formula is C16H21ClN2S2.